The number of halogens is 2. The lowest BCUT2D eigenvalue weighted by Gasteiger charge is -2.48. The number of ether oxygens (including phenoxy) is 1. The molecule has 0 atom stereocenters. The number of nitrogens with one attached hydrogen (secondary N) is 1. The Morgan fingerprint density at radius 1 is 1.17 bits per heavy atom. The van der Waals surface area contributed by atoms with Crippen LogP contribution in [0.1, 0.15) is 17.0 Å². The van der Waals surface area contributed by atoms with Crippen LogP contribution in [0.3, 0.4) is 0 Å². The molecule has 3 aliphatic rings. The number of nitrogens with zero attached hydrogens (tertiary/aromatic N) is 5. The minimum atomic E-state index is -2.66. The lowest BCUT2D eigenvalue weighted by molar-refractivity contribution is -0.0906. The summed E-state index contributed by atoms with van der Waals surface area (Å²) in [7, 11) is 0. The number of alkyl halides is 2. The van der Waals surface area contributed by atoms with Gasteiger partial charge in [-0.2, -0.15) is 5.26 Å². The molecule has 0 spiro atoms. The Balaban J connectivity index is 1.38. The van der Waals surface area contributed by atoms with Crippen LogP contribution >= 0.6 is 0 Å². The van der Waals surface area contributed by atoms with E-state index in [4.69, 9.17) is 10.00 Å². The summed E-state index contributed by atoms with van der Waals surface area (Å²) in [5.74, 6) is -0.752. The fourth-order valence-electron chi connectivity index (χ4n) is 3.83. The molecule has 9 heteroatoms. The van der Waals surface area contributed by atoms with Crippen LogP contribution in [0.4, 0.5) is 26.2 Å². The van der Waals surface area contributed by atoms with E-state index in [2.05, 4.69) is 26.3 Å². The molecule has 0 aromatic carbocycles. The third kappa shape index (κ3) is 3.61. The molecule has 0 radical (unpaired) electrons. The summed E-state index contributed by atoms with van der Waals surface area (Å²) >= 11 is 0. The van der Waals surface area contributed by atoms with E-state index in [0.29, 0.717) is 35.0 Å². The molecule has 2 aromatic heterocycles. The molecule has 0 amide bonds. The summed E-state index contributed by atoms with van der Waals surface area (Å²) in [6.07, 6.45) is 1.55. The van der Waals surface area contributed by atoms with E-state index >= 15 is 0 Å². The second-order valence-corrected chi connectivity index (χ2v) is 7.86. The predicted molar refractivity (Wildman–Crippen MR) is 103 cm³/mol. The van der Waals surface area contributed by atoms with Crippen molar-refractivity contribution in [3.8, 4) is 6.07 Å². The molecule has 0 aliphatic carbocycles. The fraction of sp³-hybridized carbons (Fsp3) is 0.450. The van der Waals surface area contributed by atoms with E-state index in [-0.39, 0.29) is 13.1 Å². The standard InChI is InChI=1S/C20H20F2N6O/c21-20(22)11-28(12-20)19-5-14(15-7-27(8-15)16-9-29-10-16)4-18(26-19)25-17-3-13(6-23)1-2-24-17/h1-5,15-16H,7-12H2,(H,24,25,26). The van der Waals surface area contributed by atoms with Gasteiger partial charge in [0.15, 0.2) is 0 Å². The number of anilines is 3. The van der Waals surface area contributed by atoms with Crippen LogP contribution in [-0.4, -0.2) is 66.2 Å². The lowest BCUT2D eigenvalue weighted by Crippen LogP contribution is -2.58. The first-order valence-electron chi connectivity index (χ1n) is 9.59. The van der Waals surface area contributed by atoms with Crippen molar-refractivity contribution in [2.75, 3.05) is 49.6 Å². The maximum atomic E-state index is 13.4. The summed E-state index contributed by atoms with van der Waals surface area (Å²) in [6.45, 7) is 2.78. The Hall–Kier alpha value is -2.83. The van der Waals surface area contributed by atoms with Crippen LogP contribution in [0, 0.1) is 11.3 Å². The molecule has 0 unspecified atom stereocenters. The molecule has 7 nitrogen and oxygen atoms in total. The van der Waals surface area contributed by atoms with Gasteiger partial charge in [0.05, 0.1) is 44.0 Å². The first-order valence-corrected chi connectivity index (χ1v) is 9.59. The largest absolute Gasteiger partial charge is 0.378 e. The van der Waals surface area contributed by atoms with Crippen LogP contribution < -0.4 is 10.2 Å². The van der Waals surface area contributed by atoms with Crippen LogP contribution in [0.25, 0.3) is 0 Å². The molecule has 3 fully saturated rings. The van der Waals surface area contributed by atoms with E-state index in [1.54, 1.807) is 23.2 Å². The molecule has 150 valence electrons. The van der Waals surface area contributed by atoms with Gasteiger partial charge in [-0.3, -0.25) is 4.90 Å². The Morgan fingerprint density at radius 2 is 1.97 bits per heavy atom. The lowest BCUT2D eigenvalue weighted by atomic mass is 9.89. The molecule has 5 heterocycles. The van der Waals surface area contributed by atoms with E-state index in [1.807, 2.05) is 12.1 Å². The Bertz CT molecular complexity index is 960. The third-order valence-electron chi connectivity index (χ3n) is 5.67. The maximum Gasteiger partial charge on any atom is 0.282 e. The van der Waals surface area contributed by atoms with Crippen molar-refractivity contribution in [3.05, 3.63) is 41.6 Å². The van der Waals surface area contributed by atoms with Gasteiger partial charge in [0, 0.05) is 25.2 Å². The third-order valence-corrected chi connectivity index (χ3v) is 5.67. The summed E-state index contributed by atoms with van der Waals surface area (Å²) < 4.78 is 32.0. The van der Waals surface area contributed by atoms with E-state index in [0.717, 1.165) is 31.9 Å². The number of aromatic nitrogens is 2. The highest BCUT2D eigenvalue weighted by Crippen LogP contribution is 2.36. The van der Waals surface area contributed by atoms with E-state index in [9.17, 15) is 8.78 Å². The average molecular weight is 398 g/mol. The highest BCUT2D eigenvalue weighted by Gasteiger charge is 2.45. The van der Waals surface area contributed by atoms with Gasteiger partial charge in [-0.05, 0) is 29.8 Å². The second kappa shape index (κ2) is 6.90. The topological polar surface area (TPSA) is 77.3 Å². The summed E-state index contributed by atoms with van der Waals surface area (Å²) in [4.78, 5) is 12.7. The zero-order chi connectivity index (χ0) is 20.0. The van der Waals surface area contributed by atoms with Crippen LogP contribution in [0.2, 0.25) is 0 Å². The Morgan fingerprint density at radius 3 is 2.62 bits per heavy atom. The molecule has 3 saturated heterocycles. The SMILES string of the molecule is N#Cc1ccnc(Nc2cc(C3CN(C4COC4)C3)cc(N3CC(F)(F)C3)n2)c1. The highest BCUT2D eigenvalue weighted by molar-refractivity contribution is 5.60. The van der Waals surface area contributed by atoms with Gasteiger partial charge < -0.3 is 15.0 Å². The molecular weight excluding hydrogens is 378 g/mol. The molecule has 29 heavy (non-hydrogen) atoms. The van der Waals surface area contributed by atoms with Crippen molar-refractivity contribution in [2.24, 2.45) is 0 Å². The minimum absolute atomic E-state index is 0.318. The molecule has 5 rings (SSSR count). The van der Waals surface area contributed by atoms with Gasteiger partial charge >= 0.3 is 0 Å². The Kier molecular flexibility index (Phi) is 4.33. The average Bonchev–Trinajstić information content (AvgIpc) is 2.60. The summed E-state index contributed by atoms with van der Waals surface area (Å²) in [6, 6.07) is 9.69. The quantitative estimate of drug-likeness (QED) is 0.828. The van der Waals surface area contributed by atoms with Crippen molar-refractivity contribution in [1.82, 2.24) is 14.9 Å². The number of hydrogen-bond acceptors (Lipinski definition) is 7. The smallest absolute Gasteiger partial charge is 0.282 e. The normalized spacial score (nSPS) is 21.6. The molecule has 1 N–H and O–H groups in total. The predicted octanol–water partition coefficient (Wildman–Crippen LogP) is 2.35. The monoisotopic (exact) mass is 398 g/mol. The van der Waals surface area contributed by atoms with Crippen LogP contribution in [0.15, 0.2) is 30.5 Å². The zero-order valence-corrected chi connectivity index (χ0v) is 15.7. The number of nitriles is 1. The molecule has 0 bridgehead atoms. The van der Waals surface area contributed by atoms with Gasteiger partial charge in [0.25, 0.3) is 5.92 Å². The fourth-order valence-corrected chi connectivity index (χ4v) is 3.83. The van der Waals surface area contributed by atoms with Crippen molar-refractivity contribution in [2.45, 2.75) is 17.9 Å². The maximum absolute atomic E-state index is 13.4. The summed E-state index contributed by atoms with van der Waals surface area (Å²) in [5.41, 5.74) is 1.55. The van der Waals surface area contributed by atoms with Crippen LogP contribution in [0.5, 0.6) is 0 Å². The highest BCUT2D eigenvalue weighted by atomic mass is 19.3. The molecule has 3 aliphatic heterocycles. The summed E-state index contributed by atoms with van der Waals surface area (Å²) in [5, 5.41) is 12.2. The minimum Gasteiger partial charge on any atom is -0.378 e. The number of likely N-dealkylation sites (tertiary alicyclic amines) is 1. The van der Waals surface area contributed by atoms with Crippen molar-refractivity contribution in [3.63, 3.8) is 0 Å². The first-order chi connectivity index (χ1) is 14.0. The van der Waals surface area contributed by atoms with E-state index in [1.165, 1.54) is 0 Å². The second-order valence-electron chi connectivity index (χ2n) is 7.86. The van der Waals surface area contributed by atoms with Crippen molar-refractivity contribution in [1.29, 1.82) is 5.26 Å². The number of pyridine rings is 2. The van der Waals surface area contributed by atoms with E-state index < -0.39 is 5.92 Å². The molecule has 2 aromatic rings. The number of hydrogen-bond donors (Lipinski definition) is 1. The van der Waals surface area contributed by atoms with Gasteiger partial charge in [0.2, 0.25) is 0 Å². The zero-order valence-electron chi connectivity index (χ0n) is 15.7. The first kappa shape index (κ1) is 18.2. The van der Waals surface area contributed by atoms with Gasteiger partial charge in [-0.15, -0.1) is 0 Å². The van der Waals surface area contributed by atoms with Crippen molar-refractivity contribution >= 4 is 17.5 Å². The number of rotatable bonds is 5. The van der Waals surface area contributed by atoms with Gasteiger partial charge in [-0.1, -0.05) is 0 Å². The van der Waals surface area contributed by atoms with Gasteiger partial charge in [0.1, 0.15) is 17.5 Å². The molecule has 0 saturated carbocycles. The van der Waals surface area contributed by atoms with Crippen LogP contribution in [-0.2, 0) is 4.74 Å². The van der Waals surface area contributed by atoms with Gasteiger partial charge in [-0.25, -0.2) is 18.7 Å². The molecular formula is C20H20F2N6O. The Labute approximate surface area is 166 Å². The van der Waals surface area contributed by atoms with Crippen molar-refractivity contribution < 1.29 is 13.5 Å².